The second-order valence-corrected chi connectivity index (χ2v) is 4.29. The zero-order chi connectivity index (χ0) is 11.5. The number of hydrogen-bond donors (Lipinski definition) is 1. The van der Waals surface area contributed by atoms with Crippen LogP contribution < -0.4 is 5.32 Å². The van der Waals surface area contributed by atoms with Crippen molar-refractivity contribution < 1.29 is 4.79 Å². The molecule has 0 radical (unpaired) electrons. The summed E-state index contributed by atoms with van der Waals surface area (Å²) in [4.78, 5) is 17.3. The van der Waals surface area contributed by atoms with Gasteiger partial charge in [0.25, 0.3) is 0 Å². The van der Waals surface area contributed by atoms with Crippen LogP contribution in [0.25, 0.3) is 0 Å². The summed E-state index contributed by atoms with van der Waals surface area (Å²) in [5, 5.41) is 3.43. The quantitative estimate of drug-likeness (QED) is 0.791. The Morgan fingerprint density at radius 1 is 1.69 bits per heavy atom. The van der Waals surface area contributed by atoms with E-state index in [4.69, 9.17) is 0 Å². The molecule has 1 aromatic heterocycles. The molecule has 0 spiro atoms. The van der Waals surface area contributed by atoms with Crippen LogP contribution in [0, 0.1) is 0 Å². The van der Waals surface area contributed by atoms with E-state index >= 15 is 0 Å². The van der Waals surface area contributed by atoms with Crippen molar-refractivity contribution in [1.29, 1.82) is 0 Å². The average Bonchev–Trinajstić information content (AvgIpc) is 2.83. The molecule has 1 fully saturated rings. The Morgan fingerprint density at radius 3 is 3.06 bits per heavy atom. The van der Waals surface area contributed by atoms with Gasteiger partial charge in [0.2, 0.25) is 5.91 Å². The summed E-state index contributed by atoms with van der Waals surface area (Å²) in [5.74, 6) is 1.20. The van der Waals surface area contributed by atoms with Gasteiger partial charge in [-0.3, -0.25) is 4.79 Å². The number of carbonyl (C=O) groups excluding carboxylic acids is 1. The Labute approximate surface area is 95.5 Å². The first-order valence-corrected chi connectivity index (χ1v) is 5.62. The predicted octanol–water partition coefficient (Wildman–Crippen LogP) is 0.130. The van der Waals surface area contributed by atoms with E-state index in [2.05, 4.69) is 10.3 Å². The lowest BCUT2D eigenvalue weighted by Gasteiger charge is -2.14. The van der Waals surface area contributed by atoms with E-state index in [1.807, 2.05) is 22.7 Å². The first-order chi connectivity index (χ1) is 7.66. The molecule has 5 nitrogen and oxygen atoms in total. The van der Waals surface area contributed by atoms with Gasteiger partial charge >= 0.3 is 0 Å². The standard InChI is InChI=1S/C11H18N4O/c1-9(16)15-5-3-10(8-15)13-7-11-12-4-6-14(11)2/h4,6,10,13H,3,5,7-8H2,1-2H3. The minimum atomic E-state index is 0.168. The zero-order valence-electron chi connectivity index (χ0n) is 9.81. The van der Waals surface area contributed by atoms with E-state index in [1.54, 1.807) is 13.1 Å². The van der Waals surface area contributed by atoms with Gasteiger partial charge in [0.05, 0.1) is 6.54 Å². The van der Waals surface area contributed by atoms with Gasteiger partial charge < -0.3 is 14.8 Å². The molecule has 16 heavy (non-hydrogen) atoms. The van der Waals surface area contributed by atoms with Crippen LogP contribution in [0.4, 0.5) is 0 Å². The highest BCUT2D eigenvalue weighted by atomic mass is 16.2. The van der Waals surface area contributed by atoms with Gasteiger partial charge in [0.15, 0.2) is 0 Å². The maximum atomic E-state index is 11.2. The molecule has 1 atom stereocenters. The first-order valence-electron chi connectivity index (χ1n) is 5.62. The molecule has 0 saturated carbocycles. The summed E-state index contributed by atoms with van der Waals surface area (Å²) >= 11 is 0. The van der Waals surface area contributed by atoms with Crippen molar-refractivity contribution in [2.45, 2.75) is 25.9 Å². The molecular formula is C11H18N4O. The molecular weight excluding hydrogens is 204 g/mol. The fourth-order valence-corrected chi connectivity index (χ4v) is 2.02. The number of carbonyl (C=O) groups is 1. The molecule has 0 bridgehead atoms. The highest BCUT2D eigenvalue weighted by molar-refractivity contribution is 5.73. The van der Waals surface area contributed by atoms with Crippen LogP contribution in [-0.2, 0) is 18.4 Å². The third kappa shape index (κ3) is 2.41. The van der Waals surface area contributed by atoms with Crippen molar-refractivity contribution in [2.75, 3.05) is 13.1 Å². The van der Waals surface area contributed by atoms with Crippen LogP contribution in [0.15, 0.2) is 12.4 Å². The summed E-state index contributed by atoms with van der Waals surface area (Å²) < 4.78 is 2.00. The zero-order valence-corrected chi connectivity index (χ0v) is 9.81. The molecule has 1 amide bonds. The normalized spacial score (nSPS) is 20.4. The van der Waals surface area contributed by atoms with Crippen molar-refractivity contribution in [1.82, 2.24) is 19.8 Å². The Morgan fingerprint density at radius 2 is 2.50 bits per heavy atom. The topological polar surface area (TPSA) is 50.2 Å². The number of nitrogens with one attached hydrogen (secondary N) is 1. The van der Waals surface area contributed by atoms with E-state index in [1.165, 1.54) is 0 Å². The lowest BCUT2D eigenvalue weighted by Crippen LogP contribution is -2.34. The third-order valence-electron chi connectivity index (χ3n) is 3.10. The third-order valence-corrected chi connectivity index (χ3v) is 3.10. The van der Waals surface area contributed by atoms with E-state index < -0.39 is 0 Å². The molecule has 88 valence electrons. The Kier molecular flexibility index (Phi) is 3.24. The van der Waals surface area contributed by atoms with E-state index in [0.29, 0.717) is 6.04 Å². The van der Waals surface area contributed by atoms with Gasteiger partial charge in [0, 0.05) is 45.5 Å². The van der Waals surface area contributed by atoms with Gasteiger partial charge in [-0.25, -0.2) is 4.98 Å². The number of aromatic nitrogens is 2. The molecule has 1 aromatic rings. The minimum absolute atomic E-state index is 0.168. The molecule has 2 heterocycles. The van der Waals surface area contributed by atoms with Crippen LogP contribution in [0.3, 0.4) is 0 Å². The summed E-state index contributed by atoms with van der Waals surface area (Å²) in [7, 11) is 1.99. The van der Waals surface area contributed by atoms with Crippen molar-refractivity contribution in [3.8, 4) is 0 Å². The maximum absolute atomic E-state index is 11.2. The number of aryl methyl sites for hydroxylation is 1. The molecule has 1 N–H and O–H groups in total. The fourth-order valence-electron chi connectivity index (χ4n) is 2.02. The fraction of sp³-hybridized carbons (Fsp3) is 0.636. The monoisotopic (exact) mass is 222 g/mol. The van der Waals surface area contributed by atoms with Crippen LogP contribution in [0.5, 0.6) is 0 Å². The summed E-state index contributed by atoms with van der Waals surface area (Å²) in [6.45, 7) is 4.08. The summed E-state index contributed by atoms with van der Waals surface area (Å²) in [6, 6.07) is 0.403. The number of amides is 1. The van der Waals surface area contributed by atoms with Gasteiger partial charge in [-0.05, 0) is 6.42 Å². The Bertz CT molecular complexity index is 374. The second kappa shape index (κ2) is 4.65. The molecule has 0 aromatic carbocycles. The van der Waals surface area contributed by atoms with Crippen molar-refractivity contribution in [3.63, 3.8) is 0 Å². The SMILES string of the molecule is CC(=O)N1CCC(NCc2nccn2C)C1. The largest absolute Gasteiger partial charge is 0.341 e. The van der Waals surface area contributed by atoms with Crippen LogP contribution in [0.1, 0.15) is 19.2 Å². The van der Waals surface area contributed by atoms with E-state index in [0.717, 1.165) is 31.9 Å². The molecule has 0 aliphatic carbocycles. The highest BCUT2D eigenvalue weighted by Gasteiger charge is 2.23. The number of likely N-dealkylation sites (tertiary alicyclic amines) is 1. The second-order valence-electron chi connectivity index (χ2n) is 4.29. The maximum Gasteiger partial charge on any atom is 0.219 e. The number of nitrogens with zero attached hydrogens (tertiary/aromatic N) is 3. The summed E-state index contributed by atoms with van der Waals surface area (Å²) in [6.07, 6.45) is 4.77. The molecule has 2 rings (SSSR count). The molecule has 1 saturated heterocycles. The highest BCUT2D eigenvalue weighted by Crippen LogP contribution is 2.09. The minimum Gasteiger partial charge on any atom is -0.341 e. The smallest absolute Gasteiger partial charge is 0.219 e. The number of rotatable bonds is 3. The molecule has 1 aliphatic heterocycles. The number of imidazole rings is 1. The molecule has 1 unspecified atom stereocenters. The lowest BCUT2D eigenvalue weighted by atomic mass is 10.2. The lowest BCUT2D eigenvalue weighted by molar-refractivity contribution is -0.127. The van der Waals surface area contributed by atoms with Crippen molar-refractivity contribution in [2.24, 2.45) is 7.05 Å². The Hall–Kier alpha value is -1.36. The number of hydrogen-bond acceptors (Lipinski definition) is 3. The molecule has 1 aliphatic rings. The Balaban J connectivity index is 1.80. The predicted molar refractivity (Wildman–Crippen MR) is 60.7 cm³/mol. The van der Waals surface area contributed by atoms with Crippen LogP contribution in [0.2, 0.25) is 0 Å². The van der Waals surface area contributed by atoms with Gasteiger partial charge in [-0.2, -0.15) is 0 Å². The summed E-state index contributed by atoms with van der Waals surface area (Å²) in [5.41, 5.74) is 0. The van der Waals surface area contributed by atoms with Gasteiger partial charge in [-0.1, -0.05) is 0 Å². The van der Waals surface area contributed by atoms with E-state index in [9.17, 15) is 4.79 Å². The molecule has 5 heteroatoms. The van der Waals surface area contributed by atoms with Crippen molar-refractivity contribution >= 4 is 5.91 Å². The van der Waals surface area contributed by atoms with E-state index in [-0.39, 0.29) is 5.91 Å². The first kappa shape index (κ1) is 11.1. The van der Waals surface area contributed by atoms with Crippen LogP contribution in [-0.4, -0.2) is 39.5 Å². The van der Waals surface area contributed by atoms with Gasteiger partial charge in [0.1, 0.15) is 5.82 Å². The van der Waals surface area contributed by atoms with Gasteiger partial charge in [-0.15, -0.1) is 0 Å². The van der Waals surface area contributed by atoms with Crippen molar-refractivity contribution in [3.05, 3.63) is 18.2 Å². The van der Waals surface area contributed by atoms with Crippen LogP contribution >= 0.6 is 0 Å². The average molecular weight is 222 g/mol.